The van der Waals surface area contributed by atoms with E-state index in [2.05, 4.69) is 26.1 Å². The van der Waals surface area contributed by atoms with Gasteiger partial charge in [0.15, 0.2) is 0 Å². The zero-order valence-electron chi connectivity index (χ0n) is 12.2. The second kappa shape index (κ2) is 5.13. The molecular formula is C15H21NO3. The summed E-state index contributed by atoms with van der Waals surface area (Å²) in [7, 11) is 3.28. The fraction of sp³-hybridized carbons (Fsp3) is 0.467. The third-order valence-electron chi connectivity index (χ3n) is 2.87. The molecule has 1 heterocycles. The molecule has 0 aliphatic carbocycles. The van der Waals surface area contributed by atoms with Gasteiger partial charge in [0.2, 0.25) is 0 Å². The van der Waals surface area contributed by atoms with E-state index in [-0.39, 0.29) is 5.54 Å². The van der Waals surface area contributed by atoms with Crippen molar-refractivity contribution in [2.45, 2.75) is 32.9 Å². The SMILES string of the molecule is COc1cc(OC)c2cc(CNC(C)(C)C)oc2c1. The summed E-state index contributed by atoms with van der Waals surface area (Å²) in [6.45, 7) is 7.06. The number of benzene rings is 1. The Morgan fingerprint density at radius 2 is 1.84 bits per heavy atom. The summed E-state index contributed by atoms with van der Waals surface area (Å²) in [4.78, 5) is 0. The maximum atomic E-state index is 5.83. The lowest BCUT2D eigenvalue weighted by atomic mass is 10.1. The highest BCUT2D eigenvalue weighted by atomic mass is 16.5. The summed E-state index contributed by atoms with van der Waals surface area (Å²) in [5, 5.41) is 4.37. The van der Waals surface area contributed by atoms with Crippen molar-refractivity contribution in [3.63, 3.8) is 0 Å². The van der Waals surface area contributed by atoms with Gasteiger partial charge in [-0.15, -0.1) is 0 Å². The first-order chi connectivity index (χ1) is 8.93. The molecule has 2 rings (SSSR count). The molecule has 4 heteroatoms. The first kappa shape index (κ1) is 13.7. The Morgan fingerprint density at radius 3 is 2.42 bits per heavy atom. The number of fused-ring (bicyclic) bond motifs is 1. The van der Waals surface area contributed by atoms with Gasteiger partial charge in [0.05, 0.1) is 26.2 Å². The van der Waals surface area contributed by atoms with Gasteiger partial charge < -0.3 is 19.2 Å². The standard InChI is InChI=1S/C15H21NO3/c1-15(2,3)16-9-11-6-12-13(18-5)7-10(17-4)8-14(12)19-11/h6-8,16H,9H2,1-5H3. The zero-order valence-corrected chi connectivity index (χ0v) is 12.2. The largest absolute Gasteiger partial charge is 0.496 e. The number of rotatable bonds is 4. The van der Waals surface area contributed by atoms with Crippen LogP contribution in [0.4, 0.5) is 0 Å². The average molecular weight is 263 g/mol. The summed E-state index contributed by atoms with van der Waals surface area (Å²) in [5.74, 6) is 2.38. The van der Waals surface area contributed by atoms with Crippen LogP contribution in [0.3, 0.4) is 0 Å². The van der Waals surface area contributed by atoms with Crippen LogP contribution in [0, 0.1) is 0 Å². The van der Waals surface area contributed by atoms with Crippen LogP contribution in [0.15, 0.2) is 22.6 Å². The lowest BCUT2D eigenvalue weighted by molar-refractivity contribution is 0.391. The molecule has 19 heavy (non-hydrogen) atoms. The van der Waals surface area contributed by atoms with Crippen molar-refractivity contribution in [3.8, 4) is 11.5 Å². The van der Waals surface area contributed by atoms with Gasteiger partial charge in [0, 0.05) is 17.7 Å². The zero-order chi connectivity index (χ0) is 14.0. The number of ether oxygens (including phenoxy) is 2. The second-order valence-corrected chi connectivity index (χ2v) is 5.56. The van der Waals surface area contributed by atoms with E-state index in [4.69, 9.17) is 13.9 Å². The first-order valence-corrected chi connectivity index (χ1v) is 6.32. The maximum absolute atomic E-state index is 5.83. The Hall–Kier alpha value is -1.68. The van der Waals surface area contributed by atoms with Gasteiger partial charge in [-0.3, -0.25) is 0 Å². The molecule has 0 amide bonds. The van der Waals surface area contributed by atoms with Crippen molar-refractivity contribution >= 4 is 11.0 Å². The van der Waals surface area contributed by atoms with E-state index < -0.39 is 0 Å². The highest BCUT2D eigenvalue weighted by Crippen LogP contribution is 2.33. The van der Waals surface area contributed by atoms with Crippen molar-refractivity contribution in [2.75, 3.05) is 14.2 Å². The highest BCUT2D eigenvalue weighted by molar-refractivity contribution is 5.86. The summed E-state index contributed by atoms with van der Waals surface area (Å²) < 4.78 is 16.4. The number of hydrogen-bond donors (Lipinski definition) is 1. The van der Waals surface area contributed by atoms with Gasteiger partial charge in [0.1, 0.15) is 22.8 Å². The monoisotopic (exact) mass is 263 g/mol. The van der Waals surface area contributed by atoms with E-state index in [1.54, 1.807) is 14.2 Å². The number of methoxy groups -OCH3 is 2. The molecule has 1 aromatic heterocycles. The Bertz CT molecular complexity index is 567. The van der Waals surface area contributed by atoms with Crippen LogP contribution in [0.2, 0.25) is 0 Å². The first-order valence-electron chi connectivity index (χ1n) is 6.32. The molecule has 0 fully saturated rings. The number of furan rings is 1. The van der Waals surface area contributed by atoms with E-state index >= 15 is 0 Å². The highest BCUT2D eigenvalue weighted by Gasteiger charge is 2.14. The molecule has 2 aromatic rings. The summed E-state index contributed by atoms with van der Waals surface area (Å²) in [6.07, 6.45) is 0. The Balaban J connectivity index is 2.34. The number of nitrogens with one attached hydrogen (secondary N) is 1. The molecule has 0 atom stereocenters. The van der Waals surface area contributed by atoms with Gasteiger partial charge in [-0.05, 0) is 26.8 Å². The maximum Gasteiger partial charge on any atom is 0.141 e. The van der Waals surface area contributed by atoms with Gasteiger partial charge in [0.25, 0.3) is 0 Å². The summed E-state index contributed by atoms with van der Waals surface area (Å²) in [5.41, 5.74) is 0.836. The van der Waals surface area contributed by atoms with Crippen LogP contribution in [0.25, 0.3) is 11.0 Å². The molecule has 0 saturated heterocycles. The molecule has 4 nitrogen and oxygen atoms in total. The van der Waals surface area contributed by atoms with E-state index in [9.17, 15) is 0 Å². The van der Waals surface area contributed by atoms with Crippen molar-refractivity contribution < 1.29 is 13.9 Å². The Labute approximate surface area is 113 Å². The molecule has 1 N–H and O–H groups in total. The molecular weight excluding hydrogens is 242 g/mol. The molecule has 0 spiro atoms. The van der Waals surface area contributed by atoms with Crippen LogP contribution in [-0.2, 0) is 6.54 Å². The Morgan fingerprint density at radius 1 is 1.11 bits per heavy atom. The van der Waals surface area contributed by atoms with Gasteiger partial charge in [-0.1, -0.05) is 0 Å². The lowest BCUT2D eigenvalue weighted by Crippen LogP contribution is -2.34. The molecule has 0 saturated carbocycles. The third-order valence-corrected chi connectivity index (χ3v) is 2.87. The lowest BCUT2D eigenvalue weighted by Gasteiger charge is -2.19. The average Bonchev–Trinajstić information content (AvgIpc) is 2.77. The fourth-order valence-electron chi connectivity index (χ4n) is 1.86. The molecule has 104 valence electrons. The van der Waals surface area contributed by atoms with Gasteiger partial charge in [-0.2, -0.15) is 0 Å². The van der Waals surface area contributed by atoms with E-state index in [1.165, 1.54) is 0 Å². The van der Waals surface area contributed by atoms with Crippen LogP contribution < -0.4 is 14.8 Å². The van der Waals surface area contributed by atoms with E-state index in [0.717, 1.165) is 28.2 Å². The Kier molecular flexibility index (Phi) is 3.71. The van der Waals surface area contributed by atoms with E-state index in [0.29, 0.717) is 6.54 Å². The quantitative estimate of drug-likeness (QED) is 0.918. The summed E-state index contributed by atoms with van der Waals surface area (Å²) in [6, 6.07) is 5.74. The smallest absolute Gasteiger partial charge is 0.141 e. The van der Waals surface area contributed by atoms with E-state index in [1.807, 2.05) is 18.2 Å². The van der Waals surface area contributed by atoms with Crippen LogP contribution in [0.1, 0.15) is 26.5 Å². The minimum Gasteiger partial charge on any atom is -0.496 e. The van der Waals surface area contributed by atoms with Crippen LogP contribution in [0.5, 0.6) is 11.5 Å². The van der Waals surface area contributed by atoms with Crippen molar-refractivity contribution in [1.29, 1.82) is 0 Å². The van der Waals surface area contributed by atoms with Gasteiger partial charge in [-0.25, -0.2) is 0 Å². The molecule has 0 aliphatic heterocycles. The minimum atomic E-state index is 0.0563. The van der Waals surface area contributed by atoms with Crippen molar-refractivity contribution in [2.24, 2.45) is 0 Å². The molecule has 0 bridgehead atoms. The third kappa shape index (κ3) is 3.20. The molecule has 1 aromatic carbocycles. The van der Waals surface area contributed by atoms with Crippen molar-refractivity contribution in [3.05, 3.63) is 24.0 Å². The molecule has 0 unspecified atom stereocenters. The predicted molar refractivity (Wildman–Crippen MR) is 75.9 cm³/mol. The van der Waals surface area contributed by atoms with Crippen LogP contribution >= 0.6 is 0 Å². The van der Waals surface area contributed by atoms with Crippen LogP contribution in [-0.4, -0.2) is 19.8 Å². The minimum absolute atomic E-state index is 0.0563. The van der Waals surface area contributed by atoms with Crippen molar-refractivity contribution in [1.82, 2.24) is 5.32 Å². The molecule has 0 radical (unpaired) electrons. The fourth-order valence-corrected chi connectivity index (χ4v) is 1.86. The predicted octanol–water partition coefficient (Wildman–Crippen LogP) is 3.34. The topological polar surface area (TPSA) is 43.6 Å². The summed E-state index contributed by atoms with van der Waals surface area (Å²) >= 11 is 0. The second-order valence-electron chi connectivity index (χ2n) is 5.56. The molecule has 0 aliphatic rings. The normalized spacial score (nSPS) is 11.8. The number of hydrogen-bond acceptors (Lipinski definition) is 4. The van der Waals surface area contributed by atoms with Gasteiger partial charge >= 0.3 is 0 Å².